The molecule has 0 radical (unpaired) electrons. The zero-order valence-corrected chi connectivity index (χ0v) is 13.1. The van der Waals surface area contributed by atoms with Gasteiger partial charge in [0.1, 0.15) is 6.54 Å². The smallest absolute Gasteiger partial charge is 0.323 e. The molecule has 0 aliphatic rings. The van der Waals surface area contributed by atoms with Crippen molar-refractivity contribution in [3.8, 4) is 0 Å². The minimum absolute atomic E-state index is 0.0543. The van der Waals surface area contributed by atoms with Gasteiger partial charge in [-0.2, -0.15) is 0 Å². The lowest BCUT2D eigenvalue weighted by atomic mass is 9.81. The number of carboxylic acids is 1. The predicted molar refractivity (Wildman–Crippen MR) is 83.4 cm³/mol. The third-order valence-electron chi connectivity index (χ3n) is 3.86. The van der Waals surface area contributed by atoms with E-state index in [-0.39, 0.29) is 12.0 Å². The fraction of sp³-hybridized carbons (Fsp3) is 0.500. The standard InChI is InChI=1S/C16H24N2O3/c1-12(2)16(3,4)11-17-15(21)18(10-14(19)20)13-8-6-5-7-9-13/h5-9,12H,10-11H2,1-4H3,(H,17,21)(H,19,20). The van der Waals surface area contributed by atoms with Crippen LogP contribution in [0.15, 0.2) is 30.3 Å². The van der Waals surface area contributed by atoms with Crippen LogP contribution in [0, 0.1) is 11.3 Å². The SMILES string of the molecule is CC(C)C(C)(C)CNC(=O)N(CC(=O)O)c1ccccc1. The number of rotatable bonds is 6. The summed E-state index contributed by atoms with van der Waals surface area (Å²) in [7, 11) is 0. The lowest BCUT2D eigenvalue weighted by Gasteiger charge is -2.31. The van der Waals surface area contributed by atoms with Gasteiger partial charge in [0.25, 0.3) is 0 Å². The summed E-state index contributed by atoms with van der Waals surface area (Å²) in [5, 5.41) is 11.8. The number of carbonyl (C=O) groups is 2. The van der Waals surface area contributed by atoms with Crippen molar-refractivity contribution >= 4 is 17.7 Å². The van der Waals surface area contributed by atoms with Gasteiger partial charge < -0.3 is 10.4 Å². The number of para-hydroxylation sites is 1. The van der Waals surface area contributed by atoms with Crippen LogP contribution < -0.4 is 10.2 Å². The van der Waals surface area contributed by atoms with E-state index in [2.05, 4.69) is 33.0 Å². The van der Waals surface area contributed by atoms with Gasteiger partial charge in [-0.05, 0) is 23.5 Å². The van der Waals surface area contributed by atoms with Crippen LogP contribution in [0.3, 0.4) is 0 Å². The lowest BCUT2D eigenvalue weighted by Crippen LogP contribution is -2.46. The molecule has 1 aromatic rings. The molecule has 116 valence electrons. The van der Waals surface area contributed by atoms with Crippen molar-refractivity contribution in [1.82, 2.24) is 5.32 Å². The van der Waals surface area contributed by atoms with E-state index >= 15 is 0 Å². The first-order chi connectivity index (χ1) is 9.74. The first-order valence-electron chi connectivity index (χ1n) is 7.06. The highest BCUT2D eigenvalue weighted by Gasteiger charge is 2.25. The zero-order valence-electron chi connectivity index (χ0n) is 13.1. The fourth-order valence-corrected chi connectivity index (χ4v) is 1.63. The summed E-state index contributed by atoms with van der Waals surface area (Å²) < 4.78 is 0. The van der Waals surface area contributed by atoms with Crippen molar-refractivity contribution in [3.05, 3.63) is 30.3 Å². The average Bonchev–Trinajstić information content (AvgIpc) is 2.43. The van der Waals surface area contributed by atoms with Gasteiger partial charge in [0.05, 0.1) is 0 Å². The summed E-state index contributed by atoms with van der Waals surface area (Å²) in [5.74, 6) is -0.639. The second-order valence-corrected chi connectivity index (χ2v) is 6.12. The van der Waals surface area contributed by atoms with Gasteiger partial charge in [0.2, 0.25) is 0 Å². The highest BCUT2D eigenvalue weighted by Crippen LogP contribution is 2.25. The number of nitrogens with one attached hydrogen (secondary N) is 1. The topological polar surface area (TPSA) is 69.6 Å². The molecule has 0 aromatic heterocycles. The number of hydrogen-bond donors (Lipinski definition) is 2. The van der Waals surface area contributed by atoms with Crippen LogP contribution in [0.5, 0.6) is 0 Å². The van der Waals surface area contributed by atoms with Gasteiger partial charge in [0.15, 0.2) is 0 Å². The molecule has 0 heterocycles. The van der Waals surface area contributed by atoms with Crippen molar-refractivity contribution in [2.45, 2.75) is 27.7 Å². The van der Waals surface area contributed by atoms with Crippen LogP contribution in [0.25, 0.3) is 0 Å². The van der Waals surface area contributed by atoms with Crippen LogP contribution in [-0.2, 0) is 4.79 Å². The Bertz CT molecular complexity index is 484. The molecule has 0 saturated carbocycles. The first-order valence-corrected chi connectivity index (χ1v) is 7.06. The molecule has 1 rings (SSSR count). The Kier molecular flexibility index (Phi) is 5.76. The third kappa shape index (κ3) is 5.10. The van der Waals surface area contributed by atoms with E-state index in [9.17, 15) is 9.59 Å². The third-order valence-corrected chi connectivity index (χ3v) is 3.86. The van der Waals surface area contributed by atoms with Gasteiger partial charge in [-0.15, -0.1) is 0 Å². The minimum Gasteiger partial charge on any atom is -0.480 e. The molecule has 0 spiro atoms. The van der Waals surface area contributed by atoms with E-state index in [1.54, 1.807) is 24.3 Å². The molecule has 0 atom stereocenters. The summed E-state index contributed by atoms with van der Waals surface area (Å²) in [6.45, 7) is 8.46. The monoisotopic (exact) mass is 292 g/mol. The Balaban J connectivity index is 2.80. The number of aliphatic carboxylic acids is 1. The summed E-state index contributed by atoms with van der Waals surface area (Å²) in [4.78, 5) is 24.5. The van der Waals surface area contributed by atoms with Gasteiger partial charge in [0, 0.05) is 12.2 Å². The van der Waals surface area contributed by atoms with Crippen molar-refractivity contribution < 1.29 is 14.7 Å². The van der Waals surface area contributed by atoms with Crippen LogP contribution in [0.2, 0.25) is 0 Å². The zero-order chi connectivity index (χ0) is 16.0. The molecule has 0 aliphatic carbocycles. The molecule has 0 unspecified atom stereocenters. The lowest BCUT2D eigenvalue weighted by molar-refractivity contribution is -0.135. The van der Waals surface area contributed by atoms with Gasteiger partial charge in [-0.1, -0.05) is 45.9 Å². The molecular formula is C16H24N2O3. The van der Waals surface area contributed by atoms with Gasteiger partial charge >= 0.3 is 12.0 Å². The van der Waals surface area contributed by atoms with E-state index in [1.807, 2.05) is 6.07 Å². The molecule has 2 N–H and O–H groups in total. The molecule has 5 nitrogen and oxygen atoms in total. The number of hydrogen-bond acceptors (Lipinski definition) is 2. The molecule has 1 aromatic carbocycles. The second kappa shape index (κ2) is 7.11. The first kappa shape index (κ1) is 17.0. The largest absolute Gasteiger partial charge is 0.480 e. The van der Waals surface area contributed by atoms with E-state index in [1.165, 1.54) is 4.90 Å². The van der Waals surface area contributed by atoms with Crippen LogP contribution >= 0.6 is 0 Å². The van der Waals surface area contributed by atoms with Crippen molar-refractivity contribution in [2.24, 2.45) is 11.3 Å². The maximum atomic E-state index is 12.3. The van der Waals surface area contributed by atoms with Crippen molar-refractivity contribution in [3.63, 3.8) is 0 Å². The van der Waals surface area contributed by atoms with Gasteiger partial charge in [-0.3, -0.25) is 9.69 Å². The summed E-state index contributed by atoms with van der Waals surface area (Å²) in [6.07, 6.45) is 0. The molecule has 2 amide bonds. The molecular weight excluding hydrogens is 268 g/mol. The molecule has 21 heavy (non-hydrogen) atoms. The highest BCUT2D eigenvalue weighted by atomic mass is 16.4. The molecule has 0 bridgehead atoms. The fourth-order valence-electron chi connectivity index (χ4n) is 1.63. The molecule has 0 fully saturated rings. The molecule has 0 aliphatic heterocycles. The van der Waals surface area contributed by atoms with E-state index in [4.69, 9.17) is 5.11 Å². The quantitative estimate of drug-likeness (QED) is 0.847. The number of anilines is 1. The van der Waals surface area contributed by atoms with Crippen LogP contribution in [-0.4, -0.2) is 30.2 Å². The number of carboxylic acid groups (broad SMARTS) is 1. The Morgan fingerprint density at radius 3 is 2.29 bits per heavy atom. The number of nitrogens with zero attached hydrogens (tertiary/aromatic N) is 1. The predicted octanol–water partition coefficient (Wildman–Crippen LogP) is 2.97. The maximum absolute atomic E-state index is 12.3. The summed E-state index contributed by atoms with van der Waals surface area (Å²) in [5.41, 5.74) is 0.515. The number of amides is 2. The Hall–Kier alpha value is -2.04. The number of carbonyl (C=O) groups excluding carboxylic acids is 1. The van der Waals surface area contributed by atoms with E-state index < -0.39 is 12.0 Å². The second-order valence-electron chi connectivity index (χ2n) is 6.12. The summed E-state index contributed by atoms with van der Waals surface area (Å²) >= 11 is 0. The Morgan fingerprint density at radius 2 is 1.81 bits per heavy atom. The van der Waals surface area contributed by atoms with Gasteiger partial charge in [-0.25, -0.2) is 4.79 Å². The van der Waals surface area contributed by atoms with Crippen LogP contribution in [0.4, 0.5) is 10.5 Å². The Labute approximate surface area is 126 Å². The molecule has 5 heteroatoms. The highest BCUT2D eigenvalue weighted by molar-refractivity contribution is 5.96. The molecule has 0 saturated heterocycles. The normalized spacial score (nSPS) is 11.3. The Morgan fingerprint density at radius 1 is 1.24 bits per heavy atom. The minimum atomic E-state index is -1.04. The number of urea groups is 1. The summed E-state index contributed by atoms with van der Waals surface area (Å²) in [6, 6.07) is 8.41. The van der Waals surface area contributed by atoms with Crippen LogP contribution in [0.1, 0.15) is 27.7 Å². The van der Waals surface area contributed by atoms with E-state index in [0.29, 0.717) is 18.2 Å². The maximum Gasteiger partial charge on any atom is 0.323 e. The average molecular weight is 292 g/mol. The van der Waals surface area contributed by atoms with Crippen molar-refractivity contribution in [1.29, 1.82) is 0 Å². The van der Waals surface area contributed by atoms with E-state index in [0.717, 1.165) is 0 Å². The number of benzene rings is 1. The van der Waals surface area contributed by atoms with Crippen molar-refractivity contribution in [2.75, 3.05) is 18.0 Å².